The zero-order chi connectivity index (χ0) is 15.0. The summed E-state index contributed by atoms with van der Waals surface area (Å²) in [4.78, 5) is 2.44. The quantitative estimate of drug-likeness (QED) is 0.922. The molecule has 2 aromatic rings. The zero-order valence-corrected chi connectivity index (χ0v) is 13.1. The van der Waals surface area contributed by atoms with Crippen molar-refractivity contribution in [3.63, 3.8) is 0 Å². The maximum atomic E-state index is 6.01. The van der Waals surface area contributed by atoms with Crippen molar-refractivity contribution < 1.29 is 0 Å². The van der Waals surface area contributed by atoms with E-state index in [9.17, 15) is 0 Å². The highest BCUT2D eigenvalue weighted by Crippen LogP contribution is 2.29. The SMILES string of the molecule is Cc1ccc(-n2nc(C)c(N3CCC(N)CC3)c2C)cc1. The number of nitrogens with zero attached hydrogens (tertiary/aromatic N) is 3. The second-order valence-corrected chi connectivity index (χ2v) is 6.09. The van der Waals surface area contributed by atoms with E-state index in [1.165, 1.54) is 16.9 Å². The Morgan fingerprint density at radius 1 is 1.05 bits per heavy atom. The van der Waals surface area contributed by atoms with Crippen LogP contribution in [0.5, 0.6) is 0 Å². The fourth-order valence-electron chi connectivity index (χ4n) is 3.15. The third-order valence-electron chi connectivity index (χ3n) is 4.39. The highest BCUT2D eigenvalue weighted by atomic mass is 15.3. The van der Waals surface area contributed by atoms with Crippen LogP contribution in [0, 0.1) is 20.8 Å². The number of benzene rings is 1. The lowest BCUT2D eigenvalue weighted by molar-refractivity contribution is 0.500. The first kappa shape index (κ1) is 14.1. The highest BCUT2D eigenvalue weighted by molar-refractivity contribution is 5.57. The minimum atomic E-state index is 0.356. The molecule has 1 fully saturated rings. The van der Waals surface area contributed by atoms with Gasteiger partial charge in [0.15, 0.2) is 0 Å². The van der Waals surface area contributed by atoms with Gasteiger partial charge >= 0.3 is 0 Å². The molecule has 4 heteroatoms. The van der Waals surface area contributed by atoms with Crippen LogP contribution in [0.3, 0.4) is 0 Å². The molecule has 0 saturated carbocycles. The molecule has 0 aliphatic carbocycles. The molecular formula is C17H24N4. The first-order chi connectivity index (χ1) is 10.1. The Balaban J connectivity index is 1.94. The minimum Gasteiger partial charge on any atom is -0.368 e. The van der Waals surface area contributed by atoms with E-state index in [0.717, 1.165) is 37.3 Å². The van der Waals surface area contributed by atoms with Crippen LogP contribution < -0.4 is 10.6 Å². The summed E-state index contributed by atoms with van der Waals surface area (Å²) in [5.41, 5.74) is 12.0. The number of piperidine rings is 1. The molecule has 0 bridgehead atoms. The van der Waals surface area contributed by atoms with Crippen LogP contribution >= 0.6 is 0 Å². The van der Waals surface area contributed by atoms with Crippen LogP contribution in [0.15, 0.2) is 24.3 Å². The predicted molar refractivity (Wildman–Crippen MR) is 87.2 cm³/mol. The van der Waals surface area contributed by atoms with Crippen LogP contribution in [-0.4, -0.2) is 28.9 Å². The summed E-state index contributed by atoms with van der Waals surface area (Å²) in [6.07, 6.45) is 2.13. The van der Waals surface area contributed by atoms with Crippen molar-refractivity contribution in [2.75, 3.05) is 18.0 Å². The van der Waals surface area contributed by atoms with Crippen molar-refractivity contribution >= 4 is 5.69 Å². The van der Waals surface area contributed by atoms with E-state index >= 15 is 0 Å². The molecule has 3 rings (SSSR count). The number of aryl methyl sites for hydroxylation is 2. The van der Waals surface area contributed by atoms with E-state index < -0.39 is 0 Å². The summed E-state index contributed by atoms with van der Waals surface area (Å²) in [6.45, 7) is 8.42. The summed E-state index contributed by atoms with van der Waals surface area (Å²) in [7, 11) is 0. The molecule has 0 radical (unpaired) electrons. The van der Waals surface area contributed by atoms with Gasteiger partial charge in [-0.15, -0.1) is 0 Å². The van der Waals surface area contributed by atoms with Crippen molar-refractivity contribution in [3.8, 4) is 5.69 Å². The van der Waals surface area contributed by atoms with E-state index in [0.29, 0.717) is 6.04 Å². The van der Waals surface area contributed by atoms with E-state index in [2.05, 4.69) is 54.6 Å². The molecule has 1 aliphatic rings. The number of rotatable bonds is 2. The van der Waals surface area contributed by atoms with Gasteiger partial charge in [-0.3, -0.25) is 0 Å². The summed E-state index contributed by atoms with van der Waals surface area (Å²) in [6, 6.07) is 8.88. The molecule has 112 valence electrons. The second-order valence-electron chi connectivity index (χ2n) is 6.09. The fourth-order valence-corrected chi connectivity index (χ4v) is 3.15. The number of hydrogen-bond donors (Lipinski definition) is 1. The molecule has 1 saturated heterocycles. The molecule has 1 aromatic heterocycles. The zero-order valence-electron chi connectivity index (χ0n) is 13.1. The highest BCUT2D eigenvalue weighted by Gasteiger charge is 2.22. The normalized spacial score (nSPS) is 16.5. The standard InChI is InChI=1S/C17H24N4/c1-12-4-6-16(7-5-12)21-14(3)17(13(2)19-21)20-10-8-15(18)9-11-20/h4-7,15H,8-11,18H2,1-3H3. The van der Waals surface area contributed by atoms with Crippen LogP contribution in [0.2, 0.25) is 0 Å². The van der Waals surface area contributed by atoms with Gasteiger partial charge in [0.2, 0.25) is 0 Å². The molecule has 1 aromatic carbocycles. The lowest BCUT2D eigenvalue weighted by Crippen LogP contribution is -2.40. The van der Waals surface area contributed by atoms with E-state index in [-0.39, 0.29) is 0 Å². The topological polar surface area (TPSA) is 47.1 Å². The second kappa shape index (κ2) is 5.53. The Morgan fingerprint density at radius 2 is 1.67 bits per heavy atom. The van der Waals surface area contributed by atoms with E-state index in [4.69, 9.17) is 10.8 Å². The third-order valence-corrected chi connectivity index (χ3v) is 4.39. The summed E-state index contributed by atoms with van der Waals surface area (Å²) in [5, 5.41) is 4.75. The van der Waals surface area contributed by atoms with Crippen molar-refractivity contribution in [2.24, 2.45) is 5.73 Å². The molecule has 0 spiro atoms. The minimum absolute atomic E-state index is 0.356. The Kier molecular flexibility index (Phi) is 3.72. The maximum absolute atomic E-state index is 6.01. The molecule has 0 unspecified atom stereocenters. The number of anilines is 1. The molecule has 21 heavy (non-hydrogen) atoms. The lowest BCUT2D eigenvalue weighted by Gasteiger charge is -2.32. The van der Waals surface area contributed by atoms with E-state index in [1.54, 1.807) is 0 Å². The van der Waals surface area contributed by atoms with E-state index in [1.807, 2.05) is 0 Å². The van der Waals surface area contributed by atoms with Gasteiger partial charge in [-0.2, -0.15) is 5.10 Å². The molecule has 2 N–H and O–H groups in total. The number of hydrogen-bond acceptors (Lipinski definition) is 3. The summed E-state index contributed by atoms with van der Waals surface area (Å²) in [5.74, 6) is 0. The average Bonchev–Trinajstić information content (AvgIpc) is 2.76. The van der Waals surface area contributed by atoms with Gasteiger partial charge in [-0.25, -0.2) is 4.68 Å². The first-order valence-corrected chi connectivity index (χ1v) is 7.70. The third kappa shape index (κ3) is 2.68. The van der Waals surface area contributed by atoms with Crippen LogP contribution in [0.25, 0.3) is 5.69 Å². The van der Waals surface area contributed by atoms with Crippen LogP contribution in [0.4, 0.5) is 5.69 Å². The molecule has 1 aliphatic heterocycles. The van der Waals surface area contributed by atoms with Crippen LogP contribution in [0.1, 0.15) is 29.8 Å². The predicted octanol–water partition coefficient (Wildman–Crippen LogP) is 2.73. The smallest absolute Gasteiger partial charge is 0.0834 e. The molecular weight excluding hydrogens is 260 g/mol. The number of aromatic nitrogens is 2. The van der Waals surface area contributed by atoms with Crippen molar-refractivity contribution in [1.82, 2.24) is 9.78 Å². The largest absolute Gasteiger partial charge is 0.368 e. The van der Waals surface area contributed by atoms with Gasteiger partial charge in [0.25, 0.3) is 0 Å². The average molecular weight is 284 g/mol. The van der Waals surface area contributed by atoms with Crippen molar-refractivity contribution in [3.05, 3.63) is 41.2 Å². The fraction of sp³-hybridized carbons (Fsp3) is 0.471. The molecule has 0 amide bonds. The van der Waals surface area contributed by atoms with Gasteiger partial charge in [0.05, 0.1) is 22.8 Å². The Hall–Kier alpha value is -1.81. The Morgan fingerprint density at radius 3 is 2.29 bits per heavy atom. The van der Waals surface area contributed by atoms with Gasteiger partial charge in [0, 0.05) is 19.1 Å². The monoisotopic (exact) mass is 284 g/mol. The molecule has 4 nitrogen and oxygen atoms in total. The summed E-state index contributed by atoms with van der Waals surface area (Å²) >= 11 is 0. The number of nitrogens with two attached hydrogens (primary N) is 1. The molecule has 2 heterocycles. The maximum Gasteiger partial charge on any atom is 0.0834 e. The summed E-state index contributed by atoms with van der Waals surface area (Å²) < 4.78 is 2.05. The van der Waals surface area contributed by atoms with Gasteiger partial charge < -0.3 is 10.6 Å². The molecule has 0 atom stereocenters. The van der Waals surface area contributed by atoms with Gasteiger partial charge in [0.1, 0.15) is 0 Å². The van der Waals surface area contributed by atoms with Crippen LogP contribution in [-0.2, 0) is 0 Å². The lowest BCUT2D eigenvalue weighted by atomic mass is 10.1. The van der Waals surface area contributed by atoms with Crippen molar-refractivity contribution in [2.45, 2.75) is 39.7 Å². The Bertz CT molecular complexity index is 619. The Labute approximate surface area is 126 Å². The first-order valence-electron chi connectivity index (χ1n) is 7.70. The van der Waals surface area contributed by atoms with Gasteiger partial charge in [-0.05, 0) is 45.7 Å². The van der Waals surface area contributed by atoms with Gasteiger partial charge in [-0.1, -0.05) is 17.7 Å². The van der Waals surface area contributed by atoms with Crippen molar-refractivity contribution in [1.29, 1.82) is 0 Å².